The maximum Gasteiger partial charge on any atom is 0.221 e. The van der Waals surface area contributed by atoms with E-state index in [0.29, 0.717) is 12.2 Å². The van der Waals surface area contributed by atoms with Crippen molar-refractivity contribution in [1.29, 1.82) is 0 Å². The standard InChI is InChI=1S/C18H20FNO3S2/c1-13(14-3-9-17(10-4-14)25(2,22)23)20-18(21)11-12-24-16-7-5-15(19)6-8-16/h3-10,13H,11-12H2,1-2H3,(H,20,21)/t13-/m0/s1. The van der Waals surface area contributed by atoms with Gasteiger partial charge in [0, 0.05) is 23.3 Å². The van der Waals surface area contributed by atoms with E-state index in [-0.39, 0.29) is 22.7 Å². The fourth-order valence-corrected chi connectivity index (χ4v) is 3.68. The first-order valence-corrected chi connectivity index (χ1v) is 10.6. The summed E-state index contributed by atoms with van der Waals surface area (Å²) in [5.74, 6) is 0.226. The second-order valence-corrected chi connectivity index (χ2v) is 8.87. The number of amides is 1. The van der Waals surface area contributed by atoms with E-state index >= 15 is 0 Å². The number of nitrogens with one attached hydrogen (secondary N) is 1. The van der Waals surface area contributed by atoms with Gasteiger partial charge in [-0.2, -0.15) is 0 Å². The molecule has 0 bridgehead atoms. The Morgan fingerprint density at radius 3 is 2.28 bits per heavy atom. The Labute approximate surface area is 151 Å². The third-order valence-corrected chi connectivity index (χ3v) is 5.74. The molecule has 0 saturated carbocycles. The molecule has 0 spiro atoms. The van der Waals surface area contributed by atoms with Gasteiger partial charge in [0.05, 0.1) is 10.9 Å². The highest BCUT2D eigenvalue weighted by Gasteiger charge is 2.12. The van der Waals surface area contributed by atoms with E-state index in [1.165, 1.54) is 36.0 Å². The average Bonchev–Trinajstić information content (AvgIpc) is 2.56. The van der Waals surface area contributed by atoms with Crippen molar-refractivity contribution in [2.45, 2.75) is 29.2 Å². The molecular weight excluding hydrogens is 361 g/mol. The van der Waals surface area contributed by atoms with E-state index in [0.717, 1.165) is 16.7 Å². The van der Waals surface area contributed by atoms with E-state index in [1.54, 1.807) is 24.3 Å². The molecule has 2 aromatic rings. The van der Waals surface area contributed by atoms with E-state index in [4.69, 9.17) is 0 Å². The molecule has 7 heteroatoms. The Morgan fingerprint density at radius 2 is 1.72 bits per heavy atom. The number of thioether (sulfide) groups is 1. The highest BCUT2D eigenvalue weighted by atomic mass is 32.2. The first-order chi connectivity index (χ1) is 11.8. The van der Waals surface area contributed by atoms with Crippen molar-refractivity contribution in [2.24, 2.45) is 0 Å². The topological polar surface area (TPSA) is 63.2 Å². The van der Waals surface area contributed by atoms with Gasteiger partial charge in [0.2, 0.25) is 5.91 Å². The second kappa shape index (κ2) is 8.49. The number of rotatable bonds is 7. The quantitative estimate of drug-likeness (QED) is 0.745. The molecule has 1 atom stereocenters. The second-order valence-electron chi connectivity index (χ2n) is 5.68. The fourth-order valence-electron chi connectivity index (χ4n) is 2.19. The highest BCUT2D eigenvalue weighted by molar-refractivity contribution is 7.99. The number of halogens is 1. The van der Waals surface area contributed by atoms with Crippen LogP contribution < -0.4 is 5.32 Å². The third kappa shape index (κ3) is 6.17. The van der Waals surface area contributed by atoms with Gasteiger partial charge < -0.3 is 5.32 Å². The SMILES string of the molecule is C[C@H](NC(=O)CCSc1ccc(F)cc1)c1ccc(S(C)(=O)=O)cc1. The van der Waals surface area contributed by atoms with E-state index in [2.05, 4.69) is 5.32 Å². The molecule has 4 nitrogen and oxygen atoms in total. The minimum absolute atomic E-state index is 0.0886. The summed E-state index contributed by atoms with van der Waals surface area (Å²) < 4.78 is 35.7. The lowest BCUT2D eigenvalue weighted by Gasteiger charge is -2.14. The van der Waals surface area contributed by atoms with Crippen LogP contribution in [0.1, 0.15) is 24.9 Å². The van der Waals surface area contributed by atoms with Crippen LogP contribution in [0.5, 0.6) is 0 Å². The molecule has 0 saturated heterocycles. The molecule has 0 aromatic heterocycles. The Bertz CT molecular complexity index is 818. The minimum atomic E-state index is -3.22. The number of hydrogen-bond acceptors (Lipinski definition) is 4. The van der Waals surface area contributed by atoms with Crippen LogP contribution in [0.3, 0.4) is 0 Å². The number of carbonyl (C=O) groups is 1. The van der Waals surface area contributed by atoms with E-state index in [1.807, 2.05) is 6.92 Å². The van der Waals surface area contributed by atoms with E-state index < -0.39 is 9.84 Å². The summed E-state index contributed by atoms with van der Waals surface area (Å²) in [5, 5.41) is 2.89. The van der Waals surface area contributed by atoms with Crippen LogP contribution in [-0.2, 0) is 14.6 Å². The van der Waals surface area contributed by atoms with Crippen molar-refractivity contribution in [3.05, 3.63) is 59.9 Å². The summed E-state index contributed by atoms with van der Waals surface area (Å²) >= 11 is 1.49. The summed E-state index contributed by atoms with van der Waals surface area (Å²) in [5.41, 5.74) is 0.840. The largest absolute Gasteiger partial charge is 0.350 e. The molecule has 0 unspecified atom stereocenters. The molecule has 0 heterocycles. The van der Waals surface area contributed by atoms with Gasteiger partial charge in [-0.3, -0.25) is 4.79 Å². The van der Waals surface area contributed by atoms with Crippen LogP contribution in [0, 0.1) is 5.82 Å². The van der Waals surface area contributed by atoms with Crippen LogP contribution in [0.2, 0.25) is 0 Å². The minimum Gasteiger partial charge on any atom is -0.350 e. The Kier molecular flexibility index (Phi) is 6.61. The van der Waals surface area contributed by atoms with Crippen molar-refractivity contribution in [3.8, 4) is 0 Å². The van der Waals surface area contributed by atoms with E-state index in [9.17, 15) is 17.6 Å². The van der Waals surface area contributed by atoms with Crippen LogP contribution in [0.25, 0.3) is 0 Å². The van der Waals surface area contributed by atoms with Gasteiger partial charge in [0.15, 0.2) is 9.84 Å². The molecule has 1 amide bonds. The van der Waals surface area contributed by atoms with Crippen molar-refractivity contribution in [3.63, 3.8) is 0 Å². The summed E-state index contributed by atoms with van der Waals surface area (Å²) in [4.78, 5) is 13.2. The van der Waals surface area contributed by atoms with Crippen molar-refractivity contribution in [1.82, 2.24) is 5.32 Å². The lowest BCUT2D eigenvalue weighted by atomic mass is 10.1. The van der Waals surface area contributed by atoms with Crippen molar-refractivity contribution in [2.75, 3.05) is 12.0 Å². The van der Waals surface area contributed by atoms with Gasteiger partial charge in [0.1, 0.15) is 5.82 Å². The molecule has 0 aliphatic rings. The van der Waals surface area contributed by atoms with Crippen LogP contribution >= 0.6 is 11.8 Å². The van der Waals surface area contributed by atoms with Gasteiger partial charge in [-0.15, -0.1) is 11.8 Å². The van der Waals surface area contributed by atoms with Gasteiger partial charge >= 0.3 is 0 Å². The monoisotopic (exact) mass is 381 g/mol. The smallest absolute Gasteiger partial charge is 0.221 e. The number of hydrogen-bond donors (Lipinski definition) is 1. The molecular formula is C18H20FNO3S2. The van der Waals surface area contributed by atoms with Crippen LogP contribution in [0.15, 0.2) is 58.3 Å². The molecule has 2 rings (SSSR count). The molecule has 0 radical (unpaired) electrons. The number of carbonyl (C=O) groups excluding carboxylic acids is 1. The summed E-state index contributed by atoms with van der Waals surface area (Å²) in [6.45, 7) is 1.85. The van der Waals surface area contributed by atoms with Crippen molar-refractivity contribution >= 4 is 27.5 Å². The molecule has 0 aliphatic heterocycles. The third-order valence-electron chi connectivity index (χ3n) is 3.60. The summed E-state index contributed by atoms with van der Waals surface area (Å²) in [6.07, 6.45) is 1.50. The Morgan fingerprint density at radius 1 is 1.12 bits per heavy atom. The summed E-state index contributed by atoms with van der Waals surface area (Å²) in [6, 6.07) is 12.4. The Hall–Kier alpha value is -1.86. The predicted octanol–water partition coefficient (Wildman–Crippen LogP) is 3.59. The van der Waals surface area contributed by atoms with Gasteiger partial charge in [0.25, 0.3) is 0 Å². The maximum atomic E-state index is 12.8. The first kappa shape index (κ1) is 19.5. The van der Waals surface area contributed by atoms with Crippen molar-refractivity contribution < 1.29 is 17.6 Å². The van der Waals surface area contributed by atoms with Gasteiger partial charge in [-0.05, 0) is 48.9 Å². The number of benzene rings is 2. The zero-order valence-electron chi connectivity index (χ0n) is 14.0. The van der Waals surface area contributed by atoms with Crippen LogP contribution in [-0.4, -0.2) is 26.3 Å². The lowest BCUT2D eigenvalue weighted by molar-refractivity contribution is -0.121. The zero-order valence-corrected chi connectivity index (χ0v) is 15.7. The van der Waals surface area contributed by atoms with Crippen LogP contribution in [0.4, 0.5) is 4.39 Å². The maximum absolute atomic E-state index is 12.8. The number of sulfone groups is 1. The molecule has 1 N–H and O–H groups in total. The average molecular weight is 381 g/mol. The Balaban J connectivity index is 1.82. The molecule has 2 aromatic carbocycles. The summed E-state index contributed by atoms with van der Waals surface area (Å²) in [7, 11) is -3.22. The normalized spacial score (nSPS) is 12.6. The molecule has 134 valence electrons. The molecule has 25 heavy (non-hydrogen) atoms. The fraction of sp³-hybridized carbons (Fsp3) is 0.278. The lowest BCUT2D eigenvalue weighted by Crippen LogP contribution is -2.26. The highest BCUT2D eigenvalue weighted by Crippen LogP contribution is 2.20. The first-order valence-electron chi connectivity index (χ1n) is 7.73. The van der Waals surface area contributed by atoms with Gasteiger partial charge in [-0.1, -0.05) is 12.1 Å². The molecule has 0 fully saturated rings. The predicted molar refractivity (Wildman–Crippen MR) is 97.9 cm³/mol. The van der Waals surface area contributed by atoms with Gasteiger partial charge in [-0.25, -0.2) is 12.8 Å². The zero-order chi connectivity index (χ0) is 18.4. The molecule has 0 aliphatic carbocycles.